The van der Waals surface area contributed by atoms with Crippen LogP contribution in [0.3, 0.4) is 0 Å². The van der Waals surface area contributed by atoms with E-state index in [-0.39, 0.29) is 18.2 Å². The first-order valence-corrected chi connectivity index (χ1v) is 8.71. The Balaban J connectivity index is 2.87. The first kappa shape index (κ1) is 17.4. The summed E-state index contributed by atoms with van der Waals surface area (Å²) in [6.07, 6.45) is 0. The predicted octanol–water partition coefficient (Wildman–Crippen LogP) is 3.29. The minimum atomic E-state index is -3.14. The van der Waals surface area contributed by atoms with Crippen molar-refractivity contribution in [2.24, 2.45) is 0 Å². The standard InChI is InChI=1S/C13H18Cl2O4S/c1-9(2)20(16,17)5-4-19-13-10(8-14)6-11(15)7-12(13)18-3/h6-7,9H,4-5,8H2,1-3H3. The molecule has 0 aliphatic rings. The molecule has 114 valence electrons. The molecule has 0 heterocycles. The van der Waals surface area contributed by atoms with Crippen LogP contribution in [0.4, 0.5) is 0 Å². The summed E-state index contributed by atoms with van der Waals surface area (Å²) in [6, 6.07) is 3.27. The van der Waals surface area contributed by atoms with Crippen LogP contribution in [-0.4, -0.2) is 33.1 Å². The first-order chi connectivity index (χ1) is 9.31. The Kier molecular flexibility index (Phi) is 6.43. The highest BCUT2D eigenvalue weighted by Crippen LogP contribution is 2.35. The lowest BCUT2D eigenvalue weighted by Gasteiger charge is -2.15. The van der Waals surface area contributed by atoms with Crippen molar-refractivity contribution >= 4 is 33.0 Å². The van der Waals surface area contributed by atoms with E-state index < -0.39 is 15.1 Å². The SMILES string of the molecule is COc1cc(Cl)cc(CCl)c1OCCS(=O)(=O)C(C)C. The van der Waals surface area contributed by atoms with E-state index >= 15 is 0 Å². The maximum absolute atomic E-state index is 11.7. The fourth-order valence-corrected chi connectivity index (χ4v) is 2.75. The maximum atomic E-state index is 11.7. The molecule has 0 radical (unpaired) electrons. The van der Waals surface area contributed by atoms with Crippen molar-refractivity contribution in [2.75, 3.05) is 19.5 Å². The van der Waals surface area contributed by atoms with Gasteiger partial charge in [0.15, 0.2) is 21.3 Å². The Hall–Kier alpha value is -0.650. The van der Waals surface area contributed by atoms with Gasteiger partial charge < -0.3 is 9.47 Å². The molecule has 4 nitrogen and oxygen atoms in total. The summed E-state index contributed by atoms with van der Waals surface area (Å²) in [7, 11) is -1.65. The van der Waals surface area contributed by atoms with Gasteiger partial charge in [-0.15, -0.1) is 11.6 Å². The summed E-state index contributed by atoms with van der Waals surface area (Å²) in [6.45, 7) is 3.33. The smallest absolute Gasteiger partial charge is 0.165 e. The Morgan fingerprint density at radius 3 is 2.45 bits per heavy atom. The van der Waals surface area contributed by atoms with Crippen LogP contribution in [0.2, 0.25) is 5.02 Å². The van der Waals surface area contributed by atoms with Gasteiger partial charge in [0.25, 0.3) is 0 Å². The molecule has 0 spiro atoms. The fraction of sp³-hybridized carbons (Fsp3) is 0.538. The third kappa shape index (κ3) is 4.43. The molecular formula is C13H18Cl2O4S. The summed E-state index contributed by atoms with van der Waals surface area (Å²) in [5, 5.41) is 0.0605. The topological polar surface area (TPSA) is 52.6 Å². The minimum Gasteiger partial charge on any atom is -0.493 e. The molecule has 0 unspecified atom stereocenters. The minimum absolute atomic E-state index is 0.0440. The van der Waals surface area contributed by atoms with Crippen LogP contribution in [0.15, 0.2) is 12.1 Å². The number of hydrogen-bond acceptors (Lipinski definition) is 4. The summed E-state index contributed by atoms with van der Waals surface area (Å²) in [4.78, 5) is 0. The number of alkyl halides is 1. The van der Waals surface area contributed by atoms with Gasteiger partial charge in [0, 0.05) is 16.7 Å². The quantitative estimate of drug-likeness (QED) is 0.714. The maximum Gasteiger partial charge on any atom is 0.165 e. The molecule has 0 bridgehead atoms. The first-order valence-electron chi connectivity index (χ1n) is 6.08. The monoisotopic (exact) mass is 340 g/mol. The number of halogens is 2. The largest absolute Gasteiger partial charge is 0.493 e. The Bertz CT molecular complexity index is 530. The summed E-state index contributed by atoms with van der Waals surface area (Å²) in [5.41, 5.74) is 0.665. The van der Waals surface area contributed by atoms with Gasteiger partial charge in [0.05, 0.1) is 24.0 Å². The number of ether oxygens (including phenoxy) is 2. The molecule has 1 aromatic rings. The molecule has 20 heavy (non-hydrogen) atoms. The molecule has 7 heteroatoms. The van der Waals surface area contributed by atoms with E-state index in [2.05, 4.69) is 0 Å². The van der Waals surface area contributed by atoms with Crippen LogP contribution in [0, 0.1) is 0 Å². The Labute approximate surface area is 129 Å². The second-order valence-electron chi connectivity index (χ2n) is 4.49. The van der Waals surface area contributed by atoms with E-state index in [9.17, 15) is 8.42 Å². The van der Waals surface area contributed by atoms with Gasteiger partial charge in [-0.2, -0.15) is 0 Å². The van der Waals surface area contributed by atoms with Gasteiger partial charge in [-0.1, -0.05) is 11.6 Å². The third-order valence-corrected chi connectivity index (χ3v) is 5.47. The highest BCUT2D eigenvalue weighted by molar-refractivity contribution is 7.91. The van der Waals surface area contributed by atoms with Gasteiger partial charge in [0.1, 0.15) is 6.61 Å². The second-order valence-corrected chi connectivity index (χ2v) is 7.87. The third-order valence-electron chi connectivity index (χ3n) is 2.79. The lowest BCUT2D eigenvalue weighted by atomic mass is 10.2. The van der Waals surface area contributed by atoms with Crippen molar-refractivity contribution in [3.8, 4) is 11.5 Å². The molecule has 0 saturated carbocycles. The molecule has 0 aromatic heterocycles. The van der Waals surface area contributed by atoms with Crippen LogP contribution < -0.4 is 9.47 Å². The highest BCUT2D eigenvalue weighted by Gasteiger charge is 2.18. The summed E-state index contributed by atoms with van der Waals surface area (Å²) >= 11 is 11.8. The summed E-state index contributed by atoms with van der Waals surface area (Å²) in [5.74, 6) is 1.02. The van der Waals surface area contributed by atoms with Crippen molar-refractivity contribution in [3.05, 3.63) is 22.7 Å². The Morgan fingerprint density at radius 1 is 1.30 bits per heavy atom. The predicted molar refractivity (Wildman–Crippen MR) is 82.0 cm³/mol. The van der Waals surface area contributed by atoms with Gasteiger partial charge in [-0.05, 0) is 19.9 Å². The number of hydrogen-bond donors (Lipinski definition) is 0. The van der Waals surface area contributed by atoms with Crippen LogP contribution in [0.1, 0.15) is 19.4 Å². The molecule has 0 saturated heterocycles. The van der Waals surface area contributed by atoms with Crippen molar-refractivity contribution < 1.29 is 17.9 Å². The average molecular weight is 341 g/mol. The number of methoxy groups -OCH3 is 1. The lowest BCUT2D eigenvalue weighted by Crippen LogP contribution is -2.22. The summed E-state index contributed by atoms with van der Waals surface area (Å²) < 4.78 is 34.2. The molecule has 0 fully saturated rings. The normalized spacial score (nSPS) is 11.7. The molecule has 0 atom stereocenters. The van der Waals surface area contributed by atoms with E-state index in [0.29, 0.717) is 22.1 Å². The molecule has 0 aliphatic carbocycles. The molecule has 1 aromatic carbocycles. The molecule has 0 N–H and O–H groups in total. The van der Waals surface area contributed by atoms with Gasteiger partial charge in [0.2, 0.25) is 0 Å². The van der Waals surface area contributed by atoms with Gasteiger partial charge >= 0.3 is 0 Å². The van der Waals surface area contributed by atoms with Crippen LogP contribution >= 0.6 is 23.2 Å². The van der Waals surface area contributed by atoms with E-state index in [1.165, 1.54) is 7.11 Å². The lowest BCUT2D eigenvalue weighted by molar-refractivity contribution is 0.309. The molecule has 1 rings (SSSR count). The zero-order valence-corrected chi connectivity index (χ0v) is 14.0. The second kappa shape index (κ2) is 7.38. The number of benzene rings is 1. The zero-order chi connectivity index (χ0) is 15.3. The van der Waals surface area contributed by atoms with Crippen LogP contribution in [-0.2, 0) is 15.7 Å². The van der Waals surface area contributed by atoms with Crippen molar-refractivity contribution in [1.82, 2.24) is 0 Å². The highest BCUT2D eigenvalue weighted by atomic mass is 35.5. The van der Waals surface area contributed by atoms with Gasteiger partial charge in [-0.25, -0.2) is 8.42 Å². The van der Waals surface area contributed by atoms with Gasteiger partial charge in [-0.3, -0.25) is 0 Å². The van der Waals surface area contributed by atoms with Crippen molar-refractivity contribution in [2.45, 2.75) is 25.0 Å². The van der Waals surface area contributed by atoms with E-state index in [4.69, 9.17) is 32.7 Å². The fourth-order valence-electron chi connectivity index (χ4n) is 1.53. The van der Waals surface area contributed by atoms with Crippen LogP contribution in [0.5, 0.6) is 11.5 Å². The van der Waals surface area contributed by atoms with Crippen molar-refractivity contribution in [3.63, 3.8) is 0 Å². The molecule has 0 aliphatic heterocycles. The molecule has 0 amide bonds. The van der Waals surface area contributed by atoms with E-state index in [1.54, 1.807) is 26.0 Å². The number of sulfone groups is 1. The number of rotatable bonds is 7. The zero-order valence-electron chi connectivity index (χ0n) is 11.7. The van der Waals surface area contributed by atoms with Crippen molar-refractivity contribution in [1.29, 1.82) is 0 Å². The molecular weight excluding hydrogens is 323 g/mol. The van der Waals surface area contributed by atoms with E-state index in [0.717, 1.165) is 0 Å². The van der Waals surface area contributed by atoms with E-state index in [1.807, 2.05) is 0 Å². The van der Waals surface area contributed by atoms with Crippen LogP contribution in [0.25, 0.3) is 0 Å². The average Bonchev–Trinajstić information content (AvgIpc) is 2.39. The Morgan fingerprint density at radius 2 is 1.95 bits per heavy atom.